The average Bonchev–Trinajstić information content (AvgIpc) is 2.59. The predicted molar refractivity (Wildman–Crippen MR) is 66.1 cm³/mol. The minimum Gasteiger partial charge on any atom is -0.293 e. The van der Waals surface area contributed by atoms with Crippen molar-refractivity contribution in [1.82, 2.24) is 4.98 Å². The van der Waals surface area contributed by atoms with Gasteiger partial charge in [-0.2, -0.15) is 0 Å². The van der Waals surface area contributed by atoms with E-state index in [0.29, 0.717) is 0 Å². The smallest absolute Gasteiger partial charge is 0.206 e. The normalized spacial score (nSPS) is 27.1. The van der Waals surface area contributed by atoms with Crippen LogP contribution in [-0.4, -0.2) is 24.4 Å². The van der Waals surface area contributed by atoms with Gasteiger partial charge in [0.2, 0.25) is 9.84 Å². The SMILES string of the molecule is O=C1c2cccnc2S(=O)(=O)C1C1CCCCC1. The Morgan fingerprint density at radius 3 is 2.56 bits per heavy atom. The molecule has 1 saturated carbocycles. The van der Waals surface area contributed by atoms with Crippen LogP contribution in [0.2, 0.25) is 0 Å². The van der Waals surface area contributed by atoms with Gasteiger partial charge >= 0.3 is 0 Å². The fourth-order valence-corrected chi connectivity index (χ4v) is 5.24. The first-order chi connectivity index (χ1) is 8.62. The number of hydrogen-bond acceptors (Lipinski definition) is 4. The van der Waals surface area contributed by atoms with Crippen molar-refractivity contribution < 1.29 is 13.2 Å². The van der Waals surface area contributed by atoms with Crippen LogP contribution in [0.3, 0.4) is 0 Å². The zero-order valence-electron chi connectivity index (χ0n) is 10.0. The van der Waals surface area contributed by atoms with E-state index < -0.39 is 15.1 Å². The van der Waals surface area contributed by atoms with Crippen LogP contribution in [0.1, 0.15) is 42.5 Å². The van der Waals surface area contributed by atoms with E-state index in [4.69, 9.17) is 0 Å². The number of aromatic nitrogens is 1. The lowest BCUT2D eigenvalue weighted by Gasteiger charge is -2.25. The maximum atomic E-state index is 12.4. The maximum absolute atomic E-state index is 12.4. The second-order valence-corrected chi connectivity index (χ2v) is 7.07. The van der Waals surface area contributed by atoms with E-state index in [1.807, 2.05) is 0 Å². The fraction of sp³-hybridized carbons (Fsp3) is 0.538. The van der Waals surface area contributed by atoms with Crippen LogP contribution in [0.25, 0.3) is 0 Å². The zero-order chi connectivity index (χ0) is 12.8. The Bertz CT molecular complexity index is 588. The monoisotopic (exact) mass is 265 g/mol. The maximum Gasteiger partial charge on any atom is 0.206 e. The summed E-state index contributed by atoms with van der Waals surface area (Å²) in [6.45, 7) is 0. The summed E-state index contributed by atoms with van der Waals surface area (Å²) in [7, 11) is -3.56. The topological polar surface area (TPSA) is 64.1 Å². The number of hydrogen-bond donors (Lipinski definition) is 0. The standard InChI is InChI=1S/C13H15NO3S/c15-11-10-7-4-8-14-13(10)18(16,17)12(11)9-5-2-1-3-6-9/h4,7-9,12H,1-3,5-6H2. The third-order valence-corrected chi connectivity index (χ3v) is 6.11. The molecule has 1 aromatic rings. The molecule has 4 nitrogen and oxygen atoms in total. The number of carbonyl (C=O) groups excluding carboxylic acids is 1. The molecule has 1 aliphatic carbocycles. The van der Waals surface area contributed by atoms with Crippen molar-refractivity contribution in [1.29, 1.82) is 0 Å². The van der Waals surface area contributed by atoms with E-state index in [2.05, 4.69) is 4.98 Å². The summed E-state index contributed by atoms with van der Waals surface area (Å²) in [5.74, 6) is -0.268. The molecule has 18 heavy (non-hydrogen) atoms. The van der Waals surface area contributed by atoms with E-state index in [1.165, 1.54) is 6.20 Å². The second kappa shape index (κ2) is 4.16. The van der Waals surface area contributed by atoms with Crippen molar-refractivity contribution in [3.05, 3.63) is 23.9 Å². The van der Waals surface area contributed by atoms with E-state index in [0.717, 1.165) is 32.1 Å². The van der Waals surface area contributed by atoms with E-state index in [1.54, 1.807) is 12.1 Å². The molecule has 1 fully saturated rings. The summed E-state index contributed by atoms with van der Waals surface area (Å²) >= 11 is 0. The molecule has 0 saturated heterocycles. The van der Waals surface area contributed by atoms with Crippen LogP contribution in [0.4, 0.5) is 0 Å². The van der Waals surface area contributed by atoms with Crippen LogP contribution >= 0.6 is 0 Å². The third kappa shape index (κ3) is 1.61. The van der Waals surface area contributed by atoms with Crippen molar-refractivity contribution in [2.75, 3.05) is 0 Å². The number of rotatable bonds is 1. The molecule has 1 atom stereocenters. The highest BCUT2D eigenvalue weighted by atomic mass is 32.2. The molecule has 0 spiro atoms. The molecule has 1 unspecified atom stereocenters. The van der Waals surface area contributed by atoms with Gasteiger partial charge in [0.15, 0.2) is 10.8 Å². The number of nitrogens with zero attached hydrogens (tertiary/aromatic N) is 1. The number of carbonyl (C=O) groups is 1. The second-order valence-electron chi connectivity index (χ2n) is 5.08. The molecule has 0 radical (unpaired) electrons. The highest BCUT2D eigenvalue weighted by Gasteiger charge is 2.49. The van der Waals surface area contributed by atoms with Crippen molar-refractivity contribution in [3.63, 3.8) is 0 Å². The Morgan fingerprint density at radius 1 is 1.17 bits per heavy atom. The Hall–Kier alpha value is -1.23. The molecule has 96 valence electrons. The Balaban J connectivity index is 2.06. The Kier molecular flexibility index (Phi) is 2.73. The van der Waals surface area contributed by atoms with E-state index >= 15 is 0 Å². The Morgan fingerprint density at radius 2 is 1.89 bits per heavy atom. The fourth-order valence-electron chi connectivity index (χ4n) is 3.12. The largest absolute Gasteiger partial charge is 0.293 e. The molecule has 0 amide bonds. The van der Waals surface area contributed by atoms with Crippen LogP contribution in [-0.2, 0) is 9.84 Å². The lowest BCUT2D eigenvalue weighted by atomic mass is 9.84. The van der Waals surface area contributed by atoms with Crippen molar-refractivity contribution >= 4 is 15.6 Å². The number of fused-ring (bicyclic) bond motifs is 1. The van der Waals surface area contributed by atoms with E-state index in [9.17, 15) is 13.2 Å². The first-order valence-electron chi connectivity index (χ1n) is 6.35. The minimum atomic E-state index is -3.56. The summed E-state index contributed by atoms with van der Waals surface area (Å²) in [4.78, 5) is 16.2. The van der Waals surface area contributed by atoms with Gasteiger partial charge in [-0.25, -0.2) is 13.4 Å². The molecule has 0 aromatic carbocycles. The lowest BCUT2D eigenvalue weighted by Crippen LogP contribution is -2.33. The Labute approximate surface area is 106 Å². The van der Waals surface area contributed by atoms with Gasteiger partial charge in [-0.15, -0.1) is 0 Å². The van der Waals surface area contributed by atoms with Gasteiger partial charge in [0, 0.05) is 6.20 Å². The molecule has 1 aromatic heterocycles. The third-order valence-electron chi connectivity index (χ3n) is 3.98. The summed E-state index contributed by atoms with van der Waals surface area (Å²) < 4.78 is 24.8. The zero-order valence-corrected chi connectivity index (χ0v) is 10.8. The highest BCUT2D eigenvalue weighted by Crippen LogP contribution is 2.39. The van der Waals surface area contributed by atoms with Crippen molar-refractivity contribution in [2.45, 2.75) is 42.4 Å². The van der Waals surface area contributed by atoms with Crippen LogP contribution < -0.4 is 0 Å². The molecule has 0 N–H and O–H groups in total. The van der Waals surface area contributed by atoms with Crippen LogP contribution in [0, 0.1) is 5.92 Å². The number of Topliss-reactive ketones (excluding diaryl/α,β-unsaturated/α-hetero) is 1. The quantitative estimate of drug-likeness (QED) is 0.779. The summed E-state index contributed by atoms with van der Waals surface area (Å²) in [5.41, 5.74) is 0.285. The van der Waals surface area contributed by atoms with Gasteiger partial charge < -0.3 is 0 Å². The molecular weight excluding hydrogens is 250 g/mol. The molecular formula is C13H15NO3S. The highest BCUT2D eigenvalue weighted by molar-refractivity contribution is 7.93. The molecule has 2 heterocycles. The van der Waals surface area contributed by atoms with Crippen molar-refractivity contribution in [2.24, 2.45) is 5.92 Å². The molecule has 5 heteroatoms. The molecule has 0 bridgehead atoms. The molecule has 2 aliphatic rings. The minimum absolute atomic E-state index is 0.00873. The summed E-state index contributed by atoms with van der Waals surface area (Å²) in [6.07, 6.45) is 6.30. The first-order valence-corrected chi connectivity index (χ1v) is 7.90. The summed E-state index contributed by atoms with van der Waals surface area (Å²) in [5, 5.41) is -0.881. The van der Waals surface area contributed by atoms with E-state index in [-0.39, 0.29) is 22.3 Å². The first kappa shape index (κ1) is 11.8. The molecule has 1 aliphatic heterocycles. The van der Waals surface area contributed by atoms with Crippen molar-refractivity contribution in [3.8, 4) is 0 Å². The van der Waals surface area contributed by atoms with Crippen LogP contribution in [0.15, 0.2) is 23.4 Å². The summed E-state index contributed by atoms with van der Waals surface area (Å²) in [6, 6.07) is 3.19. The van der Waals surface area contributed by atoms with Gasteiger partial charge in [0.05, 0.1) is 5.56 Å². The van der Waals surface area contributed by atoms with Gasteiger partial charge in [-0.3, -0.25) is 4.79 Å². The van der Waals surface area contributed by atoms with Gasteiger partial charge in [-0.1, -0.05) is 19.3 Å². The predicted octanol–water partition coefficient (Wildman–Crippen LogP) is 2.00. The van der Waals surface area contributed by atoms with Gasteiger partial charge in [0.1, 0.15) is 5.25 Å². The van der Waals surface area contributed by atoms with Gasteiger partial charge in [-0.05, 0) is 30.9 Å². The van der Waals surface area contributed by atoms with Gasteiger partial charge in [0.25, 0.3) is 0 Å². The van der Waals surface area contributed by atoms with Crippen LogP contribution in [0.5, 0.6) is 0 Å². The average molecular weight is 265 g/mol. The molecule has 3 rings (SSSR count). The number of ketones is 1. The number of pyridine rings is 1. The number of sulfone groups is 1. The lowest BCUT2D eigenvalue weighted by molar-refractivity contribution is 0.0960.